The molecule has 2 aromatic carbocycles. The molecule has 1 heterocycles. The van der Waals surface area contributed by atoms with Crippen LogP contribution in [0.1, 0.15) is 6.92 Å². The first kappa shape index (κ1) is 16.8. The van der Waals surface area contributed by atoms with Gasteiger partial charge in [-0.15, -0.1) is 0 Å². The molecule has 0 aromatic heterocycles. The zero-order valence-corrected chi connectivity index (χ0v) is 13.6. The first-order chi connectivity index (χ1) is 12.0. The van der Waals surface area contributed by atoms with E-state index in [4.69, 9.17) is 9.47 Å². The molecule has 130 valence electrons. The number of carbonyl (C=O) groups is 2. The van der Waals surface area contributed by atoms with Gasteiger partial charge in [-0.2, -0.15) is 0 Å². The Labute approximate surface area is 144 Å². The van der Waals surface area contributed by atoms with E-state index in [1.807, 2.05) is 0 Å². The van der Waals surface area contributed by atoms with Crippen molar-refractivity contribution in [1.29, 1.82) is 0 Å². The van der Waals surface area contributed by atoms with Gasteiger partial charge in [0.25, 0.3) is 5.91 Å². The van der Waals surface area contributed by atoms with Crippen molar-refractivity contribution in [3.63, 3.8) is 0 Å². The number of anilines is 2. The highest BCUT2D eigenvalue weighted by Crippen LogP contribution is 2.34. The summed E-state index contributed by atoms with van der Waals surface area (Å²) in [6.45, 7) is 2.14. The first-order valence-electron chi connectivity index (χ1n) is 7.76. The number of hydrogen-bond donors (Lipinski definition) is 1. The van der Waals surface area contributed by atoms with Crippen molar-refractivity contribution >= 4 is 23.2 Å². The van der Waals surface area contributed by atoms with Crippen molar-refractivity contribution in [1.82, 2.24) is 0 Å². The lowest BCUT2D eigenvalue weighted by molar-refractivity contribution is -0.118. The summed E-state index contributed by atoms with van der Waals surface area (Å²) in [5.41, 5.74) is 1.20. The molecule has 7 heteroatoms. The average Bonchev–Trinajstić information content (AvgIpc) is 2.59. The Morgan fingerprint density at radius 2 is 2.12 bits per heavy atom. The van der Waals surface area contributed by atoms with Crippen molar-refractivity contribution in [2.75, 3.05) is 30.0 Å². The summed E-state index contributed by atoms with van der Waals surface area (Å²) >= 11 is 0. The maximum Gasteiger partial charge on any atom is 0.262 e. The molecule has 0 radical (unpaired) electrons. The lowest BCUT2D eigenvalue weighted by Gasteiger charge is -2.29. The average molecular weight is 344 g/mol. The highest BCUT2D eigenvalue weighted by Gasteiger charge is 2.21. The Morgan fingerprint density at radius 3 is 2.88 bits per heavy atom. The Balaban J connectivity index is 1.63. The molecule has 6 nitrogen and oxygen atoms in total. The fourth-order valence-corrected chi connectivity index (χ4v) is 2.53. The molecule has 0 fully saturated rings. The summed E-state index contributed by atoms with van der Waals surface area (Å²) in [6.07, 6.45) is 0. The lowest BCUT2D eigenvalue weighted by atomic mass is 10.2. The van der Waals surface area contributed by atoms with Crippen LogP contribution >= 0.6 is 0 Å². The molecule has 3 rings (SSSR count). The molecule has 0 aliphatic carbocycles. The van der Waals surface area contributed by atoms with E-state index in [1.54, 1.807) is 29.2 Å². The summed E-state index contributed by atoms with van der Waals surface area (Å²) in [5, 5.41) is 2.68. The number of rotatable bonds is 4. The predicted molar refractivity (Wildman–Crippen MR) is 90.5 cm³/mol. The molecule has 0 saturated carbocycles. The zero-order valence-electron chi connectivity index (χ0n) is 13.6. The van der Waals surface area contributed by atoms with Gasteiger partial charge in [0.1, 0.15) is 23.9 Å². The first-order valence-corrected chi connectivity index (χ1v) is 7.76. The predicted octanol–water partition coefficient (Wildman–Crippen LogP) is 2.59. The normalized spacial score (nSPS) is 12.8. The Kier molecular flexibility index (Phi) is 4.83. The third kappa shape index (κ3) is 4.06. The number of nitrogens with zero attached hydrogens (tertiary/aromatic N) is 1. The van der Waals surface area contributed by atoms with Crippen LogP contribution in [0.25, 0.3) is 0 Å². The molecule has 1 N–H and O–H groups in total. The maximum atomic E-state index is 13.1. The van der Waals surface area contributed by atoms with Gasteiger partial charge in [0.15, 0.2) is 6.61 Å². The summed E-state index contributed by atoms with van der Waals surface area (Å²) in [4.78, 5) is 25.2. The van der Waals surface area contributed by atoms with Gasteiger partial charge in [-0.3, -0.25) is 9.59 Å². The van der Waals surface area contributed by atoms with Crippen LogP contribution in [0.4, 0.5) is 15.8 Å². The molecule has 0 spiro atoms. The van der Waals surface area contributed by atoms with Crippen molar-refractivity contribution in [2.45, 2.75) is 6.92 Å². The molecule has 2 amide bonds. The van der Waals surface area contributed by atoms with Gasteiger partial charge in [-0.05, 0) is 24.3 Å². The molecule has 2 aromatic rings. The minimum atomic E-state index is -0.431. The van der Waals surface area contributed by atoms with Crippen LogP contribution < -0.4 is 19.7 Å². The smallest absolute Gasteiger partial charge is 0.262 e. The zero-order chi connectivity index (χ0) is 17.8. The quantitative estimate of drug-likeness (QED) is 0.926. The van der Waals surface area contributed by atoms with Crippen LogP contribution in [0.15, 0.2) is 42.5 Å². The number of ether oxygens (including phenoxy) is 2. The van der Waals surface area contributed by atoms with E-state index >= 15 is 0 Å². The molecule has 0 unspecified atom stereocenters. The van der Waals surface area contributed by atoms with Crippen molar-refractivity contribution in [3.8, 4) is 11.5 Å². The summed E-state index contributed by atoms with van der Waals surface area (Å²) in [7, 11) is 0. The van der Waals surface area contributed by atoms with Gasteiger partial charge in [-0.1, -0.05) is 6.07 Å². The van der Waals surface area contributed by atoms with Crippen LogP contribution in [0, 0.1) is 5.82 Å². The summed E-state index contributed by atoms with van der Waals surface area (Å²) in [6, 6.07) is 10.6. The second-order valence-electron chi connectivity index (χ2n) is 5.50. The van der Waals surface area contributed by atoms with Crippen LogP contribution in [0.3, 0.4) is 0 Å². The van der Waals surface area contributed by atoms with Gasteiger partial charge >= 0.3 is 0 Å². The number of halogens is 1. The van der Waals surface area contributed by atoms with Crippen LogP contribution in [0.2, 0.25) is 0 Å². The van der Waals surface area contributed by atoms with Crippen LogP contribution in [-0.4, -0.2) is 31.6 Å². The SMILES string of the molecule is CC(=O)N1CCOc2cc(NC(=O)COc3cccc(F)c3)ccc21. The molecule has 0 bridgehead atoms. The molecule has 0 atom stereocenters. The minimum Gasteiger partial charge on any atom is -0.489 e. The lowest BCUT2D eigenvalue weighted by Crippen LogP contribution is -2.36. The van der Waals surface area contributed by atoms with E-state index in [1.165, 1.54) is 25.1 Å². The molecular weight excluding hydrogens is 327 g/mol. The Morgan fingerprint density at radius 1 is 1.28 bits per heavy atom. The van der Waals surface area contributed by atoms with Gasteiger partial charge in [-0.25, -0.2) is 4.39 Å². The number of fused-ring (bicyclic) bond motifs is 1. The number of hydrogen-bond acceptors (Lipinski definition) is 4. The molecule has 1 aliphatic rings. The number of carbonyl (C=O) groups excluding carboxylic acids is 2. The summed E-state index contributed by atoms with van der Waals surface area (Å²) < 4.78 is 23.9. The third-order valence-corrected chi connectivity index (χ3v) is 3.65. The molecular formula is C18H17FN2O4. The van der Waals surface area contributed by atoms with Gasteiger partial charge in [0.05, 0.1) is 12.2 Å². The highest BCUT2D eigenvalue weighted by atomic mass is 19.1. The van der Waals surface area contributed by atoms with E-state index in [2.05, 4.69) is 5.32 Å². The second-order valence-corrected chi connectivity index (χ2v) is 5.50. The molecule has 0 saturated heterocycles. The molecule has 25 heavy (non-hydrogen) atoms. The Bertz CT molecular complexity index is 809. The van der Waals surface area contributed by atoms with Crippen LogP contribution in [0.5, 0.6) is 11.5 Å². The number of amides is 2. The van der Waals surface area contributed by atoms with Crippen molar-refractivity contribution in [2.24, 2.45) is 0 Å². The van der Waals surface area contributed by atoms with E-state index in [0.717, 1.165) is 0 Å². The van der Waals surface area contributed by atoms with Crippen molar-refractivity contribution < 1.29 is 23.5 Å². The fourth-order valence-electron chi connectivity index (χ4n) is 2.53. The van der Waals surface area contributed by atoms with E-state index in [-0.39, 0.29) is 24.2 Å². The topological polar surface area (TPSA) is 67.9 Å². The Hall–Kier alpha value is -3.09. The van der Waals surface area contributed by atoms with Crippen LogP contribution in [-0.2, 0) is 9.59 Å². The van der Waals surface area contributed by atoms with E-state index < -0.39 is 5.82 Å². The van der Waals surface area contributed by atoms with Gasteiger partial charge < -0.3 is 19.7 Å². The largest absolute Gasteiger partial charge is 0.489 e. The second kappa shape index (κ2) is 7.21. The monoisotopic (exact) mass is 344 g/mol. The van der Waals surface area contributed by atoms with Crippen molar-refractivity contribution in [3.05, 3.63) is 48.3 Å². The number of benzene rings is 2. The fraction of sp³-hybridized carbons (Fsp3) is 0.222. The van der Waals surface area contributed by atoms with Gasteiger partial charge in [0.2, 0.25) is 5.91 Å². The third-order valence-electron chi connectivity index (χ3n) is 3.65. The number of nitrogens with one attached hydrogen (secondary N) is 1. The maximum absolute atomic E-state index is 13.1. The highest BCUT2D eigenvalue weighted by molar-refractivity contribution is 5.96. The summed E-state index contributed by atoms with van der Waals surface area (Å²) in [5.74, 6) is -0.0700. The standard InChI is InChI=1S/C18H17FN2O4/c1-12(22)21-7-8-24-17-10-14(5-6-16(17)21)20-18(23)11-25-15-4-2-3-13(19)9-15/h2-6,9-10H,7-8,11H2,1H3,(H,20,23). The van der Waals surface area contributed by atoms with E-state index in [0.29, 0.717) is 30.3 Å². The molecule has 1 aliphatic heterocycles. The van der Waals surface area contributed by atoms with Gasteiger partial charge in [0, 0.05) is 24.7 Å². The minimum absolute atomic E-state index is 0.0650. The van der Waals surface area contributed by atoms with E-state index in [9.17, 15) is 14.0 Å².